The van der Waals surface area contributed by atoms with Gasteiger partial charge in [-0.3, -0.25) is 9.69 Å². The summed E-state index contributed by atoms with van der Waals surface area (Å²) in [5.41, 5.74) is 0. The molecule has 90 valence electrons. The fraction of sp³-hybridized carbons (Fsp3) is 0.909. The van der Waals surface area contributed by atoms with Crippen molar-refractivity contribution >= 4 is 5.97 Å². The minimum absolute atomic E-state index is 0.0425. The maximum Gasteiger partial charge on any atom is 0.308 e. The lowest BCUT2D eigenvalue weighted by molar-refractivity contribution is -0.147. The molecule has 0 aliphatic rings. The first-order valence-electron chi connectivity index (χ1n) is 5.49. The minimum atomic E-state index is -0.127. The van der Waals surface area contributed by atoms with Gasteiger partial charge < -0.3 is 9.47 Å². The Morgan fingerprint density at radius 1 is 1.27 bits per heavy atom. The Bertz CT molecular complexity index is 171. The lowest BCUT2D eigenvalue weighted by Crippen LogP contribution is -2.31. The summed E-state index contributed by atoms with van der Waals surface area (Å²) in [5.74, 6) is -0.170. The van der Waals surface area contributed by atoms with E-state index < -0.39 is 0 Å². The van der Waals surface area contributed by atoms with Gasteiger partial charge in [-0.05, 0) is 6.54 Å². The summed E-state index contributed by atoms with van der Waals surface area (Å²) in [6, 6.07) is 0. The van der Waals surface area contributed by atoms with E-state index in [4.69, 9.17) is 9.47 Å². The summed E-state index contributed by atoms with van der Waals surface area (Å²) in [4.78, 5) is 13.4. The summed E-state index contributed by atoms with van der Waals surface area (Å²) in [7, 11) is 1.69. The third-order valence-electron chi connectivity index (χ3n) is 2.18. The molecule has 0 radical (unpaired) electrons. The van der Waals surface area contributed by atoms with Crippen LogP contribution in [0.15, 0.2) is 0 Å². The Morgan fingerprint density at radius 2 is 1.87 bits per heavy atom. The molecule has 15 heavy (non-hydrogen) atoms. The number of hydrogen-bond acceptors (Lipinski definition) is 4. The fourth-order valence-electron chi connectivity index (χ4n) is 1.09. The average molecular weight is 217 g/mol. The van der Waals surface area contributed by atoms with Crippen LogP contribution in [0.2, 0.25) is 0 Å². The van der Waals surface area contributed by atoms with Crippen molar-refractivity contribution < 1.29 is 14.3 Å². The SMILES string of the molecule is CCN(CCOC)CCOC(=O)C(C)C. The molecule has 0 aromatic heterocycles. The Morgan fingerprint density at radius 3 is 2.33 bits per heavy atom. The summed E-state index contributed by atoms with van der Waals surface area (Å²) >= 11 is 0. The number of likely N-dealkylation sites (N-methyl/N-ethyl adjacent to an activating group) is 1. The van der Waals surface area contributed by atoms with E-state index in [1.807, 2.05) is 13.8 Å². The van der Waals surface area contributed by atoms with Gasteiger partial charge in [0, 0.05) is 20.2 Å². The van der Waals surface area contributed by atoms with Crippen LogP contribution in [0.5, 0.6) is 0 Å². The van der Waals surface area contributed by atoms with Crippen molar-refractivity contribution in [2.75, 3.05) is 40.0 Å². The molecule has 0 saturated heterocycles. The molecular formula is C11H23NO3. The first-order chi connectivity index (χ1) is 7.11. The normalized spacial score (nSPS) is 11.1. The third kappa shape index (κ3) is 7.33. The molecule has 0 N–H and O–H groups in total. The van der Waals surface area contributed by atoms with Gasteiger partial charge in [0.15, 0.2) is 0 Å². The predicted octanol–water partition coefficient (Wildman–Crippen LogP) is 1.15. The topological polar surface area (TPSA) is 38.8 Å². The zero-order chi connectivity index (χ0) is 11.7. The van der Waals surface area contributed by atoms with E-state index in [-0.39, 0.29) is 11.9 Å². The molecule has 0 rings (SSSR count). The third-order valence-corrected chi connectivity index (χ3v) is 2.18. The van der Waals surface area contributed by atoms with Gasteiger partial charge in [-0.15, -0.1) is 0 Å². The van der Waals surface area contributed by atoms with E-state index >= 15 is 0 Å². The number of esters is 1. The van der Waals surface area contributed by atoms with E-state index in [0.29, 0.717) is 13.2 Å². The monoisotopic (exact) mass is 217 g/mol. The van der Waals surface area contributed by atoms with Crippen LogP contribution in [0.3, 0.4) is 0 Å². The molecule has 0 fully saturated rings. The molecule has 0 spiro atoms. The Kier molecular flexibility index (Phi) is 8.33. The first-order valence-corrected chi connectivity index (χ1v) is 5.49. The molecule has 0 unspecified atom stereocenters. The van der Waals surface area contributed by atoms with Gasteiger partial charge in [-0.25, -0.2) is 0 Å². The van der Waals surface area contributed by atoms with Crippen molar-refractivity contribution in [3.8, 4) is 0 Å². The molecule has 0 aromatic rings. The molecule has 4 heteroatoms. The molecule has 4 nitrogen and oxygen atoms in total. The highest BCUT2D eigenvalue weighted by Gasteiger charge is 2.08. The number of hydrogen-bond donors (Lipinski definition) is 0. The average Bonchev–Trinajstić information content (AvgIpc) is 2.22. The molecular weight excluding hydrogens is 194 g/mol. The van der Waals surface area contributed by atoms with Crippen molar-refractivity contribution in [1.82, 2.24) is 4.90 Å². The van der Waals surface area contributed by atoms with E-state index in [9.17, 15) is 4.79 Å². The van der Waals surface area contributed by atoms with Crippen LogP contribution in [0.4, 0.5) is 0 Å². The molecule has 0 heterocycles. The summed E-state index contributed by atoms with van der Waals surface area (Å²) < 4.78 is 10.1. The van der Waals surface area contributed by atoms with Crippen LogP contribution >= 0.6 is 0 Å². The maximum absolute atomic E-state index is 11.2. The lowest BCUT2D eigenvalue weighted by Gasteiger charge is -2.19. The highest BCUT2D eigenvalue weighted by molar-refractivity contribution is 5.71. The van der Waals surface area contributed by atoms with Crippen LogP contribution in [0, 0.1) is 5.92 Å². The van der Waals surface area contributed by atoms with E-state index in [2.05, 4.69) is 11.8 Å². The van der Waals surface area contributed by atoms with Gasteiger partial charge in [-0.2, -0.15) is 0 Å². The van der Waals surface area contributed by atoms with Crippen LogP contribution in [-0.4, -0.2) is 50.8 Å². The highest BCUT2D eigenvalue weighted by atomic mass is 16.5. The lowest BCUT2D eigenvalue weighted by atomic mass is 10.2. The quantitative estimate of drug-likeness (QED) is 0.572. The number of carbonyl (C=O) groups excluding carboxylic acids is 1. The Labute approximate surface area is 92.5 Å². The van der Waals surface area contributed by atoms with Gasteiger partial charge >= 0.3 is 5.97 Å². The smallest absolute Gasteiger partial charge is 0.308 e. The fourth-order valence-corrected chi connectivity index (χ4v) is 1.09. The number of nitrogens with zero attached hydrogens (tertiary/aromatic N) is 1. The van der Waals surface area contributed by atoms with Crippen molar-refractivity contribution in [3.63, 3.8) is 0 Å². The standard InChI is InChI=1S/C11H23NO3/c1-5-12(6-8-14-4)7-9-15-11(13)10(2)3/h10H,5-9H2,1-4H3. The van der Waals surface area contributed by atoms with Crippen molar-refractivity contribution in [1.29, 1.82) is 0 Å². The summed E-state index contributed by atoms with van der Waals surface area (Å²) in [6.07, 6.45) is 0. The molecule has 0 aliphatic carbocycles. The molecule has 0 bridgehead atoms. The molecule has 0 aromatic carbocycles. The first kappa shape index (κ1) is 14.4. The molecule has 0 amide bonds. The largest absolute Gasteiger partial charge is 0.464 e. The van der Waals surface area contributed by atoms with Gasteiger partial charge in [0.25, 0.3) is 0 Å². The molecule has 0 atom stereocenters. The second kappa shape index (κ2) is 8.68. The second-order valence-electron chi connectivity index (χ2n) is 3.75. The van der Waals surface area contributed by atoms with Crippen LogP contribution in [0.1, 0.15) is 20.8 Å². The van der Waals surface area contributed by atoms with Crippen molar-refractivity contribution in [2.45, 2.75) is 20.8 Å². The highest BCUT2D eigenvalue weighted by Crippen LogP contribution is 1.96. The van der Waals surface area contributed by atoms with Crippen molar-refractivity contribution in [2.24, 2.45) is 5.92 Å². The van der Waals surface area contributed by atoms with E-state index in [1.165, 1.54) is 0 Å². The zero-order valence-electron chi connectivity index (χ0n) is 10.3. The number of ether oxygens (including phenoxy) is 2. The van der Waals surface area contributed by atoms with Crippen LogP contribution < -0.4 is 0 Å². The molecule has 0 aliphatic heterocycles. The zero-order valence-corrected chi connectivity index (χ0v) is 10.3. The van der Waals surface area contributed by atoms with Gasteiger partial charge in [0.2, 0.25) is 0 Å². The summed E-state index contributed by atoms with van der Waals surface area (Å²) in [6.45, 7) is 9.54. The Balaban J connectivity index is 3.58. The number of carbonyl (C=O) groups is 1. The Hall–Kier alpha value is -0.610. The van der Waals surface area contributed by atoms with Gasteiger partial charge in [0.05, 0.1) is 12.5 Å². The summed E-state index contributed by atoms with van der Waals surface area (Å²) in [5, 5.41) is 0. The predicted molar refractivity (Wildman–Crippen MR) is 59.8 cm³/mol. The van der Waals surface area contributed by atoms with Crippen LogP contribution in [0.25, 0.3) is 0 Å². The van der Waals surface area contributed by atoms with Gasteiger partial charge in [-0.1, -0.05) is 20.8 Å². The number of methoxy groups -OCH3 is 1. The second-order valence-corrected chi connectivity index (χ2v) is 3.75. The van der Waals surface area contributed by atoms with Gasteiger partial charge in [0.1, 0.15) is 6.61 Å². The van der Waals surface area contributed by atoms with Crippen molar-refractivity contribution in [3.05, 3.63) is 0 Å². The van der Waals surface area contributed by atoms with E-state index in [0.717, 1.165) is 19.6 Å². The van der Waals surface area contributed by atoms with E-state index in [1.54, 1.807) is 7.11 Å². The number of rotatable bonds is 8. The molecule has 0 saturated carbocycles. The minimum Gasteiger partial charge on any atom is -0.464 e. The van der Waals surface area contributed by atoms with Crippen LogP contribution in [-0.2, 0) is 14.3 Å². The maximum atomic E-state index is 11.2.